The number of aryl methyl sites for hydroxylation is 1. The van der Waals surface area contributed by atoms with Gasteiger partial charge in [0.1, 0.15) is 11.5 Å². The van der Waals surface area contributed by atoms with Crippen molar-refractivity contribution in [3.63, 3.8) is 0 Å². The fraction of sp³-hybridized carbons (Fsp3) is 0.208. The first-order chi connectivity index (χ1) is 16.9. The van der Waals surface area contributed by atoms with Gasteiger partial charge in [-0.1, -0.05) is 30.3 Å². The molecular formula is C24H19F4N3O5. The van der Waals surface area contributed by atoms with Crippen molar-refractivity contribution in [2.45, 2.75) is 19.2 Å². The van der Waals surface area contributed by atoms with Gasteiger partial charge in [-0.25, -0.2) is 14.0 Å². The molecule has 0 amide bonds. The smallest absolute Gasteiger partial charge is 0.466 e. The lowest BCUT2D eigenvalue weighted by molar-refractivity contribution is -0.275. The average molecular weight is 505 g/mol. The minimum absolute atomic E-state index is 0.0281. The monoisotopic (exact) mass is 505 g/mol. The zero-order chi connectivity index (χ0) is 26.8. The molecule has 0 aromatic heterocycles. The summed E-state index contributed by atoms with van der Waals surface area (Å²) in [5, 5.41) is 9.98. The number of benzene rings is 2. The molecule has 0 bridgehead atoms. The highest BCUT2D eigenvalue weighted by atomic mass is 19.4. The van der Waals surface area contributed by atoms with Crippen LogP contribution in [0.15, 0.2) is 65.1 Å². The highest BCUT2D eigenvalue weighted by Crippen LogP contribution is 2.44. The third-order valence-corrected chi connectivity index (χ3v) is 5.33. The summed E-state index contributed by atoms with van der Waals surface area (Å²) in [7, 11) is 2.08. The quantitative estimate of drug-likeness (QED) is 0.480. The molecule has 0 saturated heterocycles. The van der Waals surface area contributed by atoms with Gasteiger partial charge in [-0.05, 0) is 24.1 Å². The Labute approximate surface area is 202 Å². The zero-order valence-electron chi connectivity index (χ0n) is 19.1. The van der Waals surface area contributed by atoms with E-state index in [2.05, 4.69) is 4.74 Å². The zero-order valence-corrected chi connectivity index (χ0v) is 19.1. The van der Waals surface area contributed by atoms with Crippen molar-refractivity contribution in [2.75, 3.05) is 19.1 Å². The molecule has 1 heterocycles. The molecule has 188 valence electrons. The summed E-state index contributed by atoms with van der Waals surface area (Å²) in [5.74, 6) is -6.19. The van der Waals surface area contributed by atoms with Gasteiger partial charge in [0.05, 0.1) is 43.0 Å². The van der Waals surface area contributed by atoms with Gasteiger partial charge in [0, 0.05) is 6.07 Å². The van der Waals surface area contributed by atoms with Crippen molar-refractivity contribution < 1.29 is 41.4 Å². The number of nitriles is 1. The van der Waals surface area contributed by atoms with E-state index in [9.17, 15) is 32.4 Å². The number of anilines is 1. The maximum absolute atomic E-state index is 14.7. The molecule has 0 spiro atoms. The number of carbonyl (C=O) groups excluding carboxylic acids is 2. The van der Waals surface area contributed by atoms with Gasteiger partial charge in [0.15, 0.2) is 11.6 Å². The van der Waals surface area contributed by atoms with Crippen LogP contribution in [0, 0.1) is 24.1 Å². The van der Waals surface area contributed by atoms with E-state index in [0.717, 1.165) is 25.2 Å². The number of carbonyl (C=O) groups is 2. The second-order valence-electron chi connectivity index (χ2n) is 7.45. The molecule has 8 nitrogen and oxygen atoms in total. The van der Waals surface area contributed by atoms with Gasteiger partial charge in [0.2, 0.25) is 0 Å². The summed E-state index contributed by atoms with van der Waals surface area (Å²) < 4.78 is 66.2. The summed E-state index contributed by atoms with van der Waals surface area (Å²) >= 11 is 0. The summed E-state index contributed by atoms with van der Waals surface area (Å²) in [6, 6.07) is 11.5. The Balaban J connectivity index is 2.38. The van der Waals surface area contributed by atoms with Crippen LogP contribution in [0.4, 0.5) is 23.2 Å². The maximum Gasteiger partial charge on any atom is 0.573 e. The number of hydrogen-bond donors (Lipinski definition) is 1. The second-order valence-corrected chi connectivity index (χ2v) is 7.45. The highest BCUT2D eigenvalue weighted by Gasteiger charge is 2.43. The van der Waals surface area contributed by atoms with E-state index < -0.39 is 41.5 Å². The molecule has 0 saturated carbocycles. The SMILES string of the molecule is COC(=O)C1=C(C(=O)OC)N(c2cc(F)c(OC(F)(F)F)cc2C)C(N)=C(C#N)C1c1ccccc1. The summed E-state index contributed by atoms with van der Waals surface area (Å²) in [6.07, 6.45) is -5.16. The molecule has 2 aromatic carbocycles. The number of methoxy groups -OCH3 is 2. The van der Waals surface area contributed by atoms with E-state index >= 15 is 0 Å². The van der Waals surface area contributed by atoms with Crippen molar-refractivity contribution in [1.29, 1.82) is 5.26 Å². The third-order valence-electron chi connectivity index (χ3n) is 5.33. The number of esters is 2. The van der Waals surface area contributed by atoms with Crippen LogP contribution in [0.3, 0.4) is 0 Å². The number of ether oxygens (including phenoxy) is 3. The number of nitrogens with two attached hydrogens (primary N) is 1. The maximum atomic E-state index is 14.7. The van der Waals surface area contributed by atoms with Crippen molar-refractivity contribution in [3.8, 4) is 11.8 Å². The average Bonchev–Trinajstić information content (AvgIpc) is 2.84. The normalized spacial score (nSPS) is 15.9. The minimum atomic E-state index is -5.16. The van der Waals surface area contributed by atoms with Crippen LogP contribution in [0.2, 0.25) is 0 Å². The van der Waals surface area contributed by atoms with Crippen LogP contribution in [-0.4, -0.2) is 32.5 Å². The fourth-order valence-corrected chi connectivity index (χ4v) is 3.85. The van der Waals surface area contributed by atoms with Crippen molar-refractivity contribution in [2.24, 2.45) is 5.73 Å². The Morgan fingerprint density at radius 2 is 1.69 bits per heavy atom. The number of alkyl halides is 3. The first-order valence-corrected chi connectivity index (χ1v) is 10.2. The van der Waals surface area contributed by atoms with Crippen molar-refractivity contribution >= 4 is 17.6 Å². The standard InChI is InChI=1S/C24H19F4N3O5/c1-12-9-17(36-24(26,27)28)15(25)10-16(12)31-20(23(33)35-3)19(22(32)34-2)18(14(11-29)21(31)30)13-7-5-4-6-8-13/h4-10,18H,30H2,1-3H3. The Morgan fingerprint density at radius 1 is 1.08 bits per heavy atom. The molecule has 36 heavy (non-hydrogen) atoms. The van der Waals surface area contributed by atoms with E-state index in [1.165, 1.54) is 6.92 Å². The molecule has 1 aliphatic heterocycles. The number of hydrogen-bond acceptors (Lipinski definition) is 8. The van der Waals surface area contributed by atoms with E-state index in [0.29, 0.717) is 11.6 Å². The predicted molar refractivity (Wildman–Crippen MR) is 117 cm³/mol. The lowest BCUT2D eigenvalue weighted by Crippen LogP contribution is -2.41. The Kier molecular flexibility index (Phi) is 7.24. The number of allylic oxidation sites excluding steroid dienone is 1. The van der Waals surface area contributed by atoms with Crippen LogP contribution in [-0.2, 0) is 19.1 Å². The van der Waals surface area contributed by atoms with Crippen LogP contribution in [0.25, 0.3) is 0 Å². The second kappa shape index (κ2) is 9.99. The number of rotatable bonds is 5. The fourth-order valence-electron chi connectivity index (χ4n) is 3.85. The van der Waals surface area contributed by atoms with E-state index in [4.69, 9.17) is 15.2 Å². The molecular weight excluding hydrogens is 486 g/mol. The Bertz CT molecular complexity index is 1310. The highest BCUT2D eigenvalue weighted by molar-refractivity contribution is 6.06. The van der Waals surface area contributed by atoms with Crippen LogP contribution in [0.5, 0.6) is 5.75 Å². The van der Waals surface area contributed by atoms with Gasteiger partial charge in [-0.15, -0.1) is 13.2 Å². The van der Waals surface area contributed by atoms with Gasteiger partial charge >= 0.3 is 18.3 Å². The minimum Gasteiger partial charge on any atom is -0.466 e. The number of nitrogens with zero attached hydrogens (tertiary/aromatic N) is 2. The van der Waals surface area contributed by atoms with Crippen LogP contribution in [0.1, 0.15) is 17.0 Å². The molecule has 0 aliphatic carbocycles. The molecule has 2 N–H and O–H groups in total. The van der Waals surface area contributed by atoms with Crippen LogP contribution >= 0.6 is 0 Å². The first kappa shape index (κ1) is 26.1. The molecule has 3 rings (SSSR count). The van der Waals surface area contributed by atoms with Gasteiger partial charge in [-0.2, -0.15) is 5.26 Å². The largest absolute Gasteiger partial charge is 0.573 e. The molecule has 1 unspecified atom stereocenters. The Morgan fingerprint density at radius 3 is 2.22 bits per heavy atom. The molecule has 0 fully saturated rings. The van der Waals surface area contributed by atoms with Crippen molar-refractivity contribution in [3.05, 3.63) is 82.1 Å². The number of halogens is 4. The Hall–Kier alpha value is -4.53. The lowest BCUT2D eigenvalue weighted by Gasteiger charge is -2.36. The third kappa shape index (κ3) is 4.81. The summed E-state index contributed by atoms with van der Waals surface area (Å²) in [6.45, 7) is 1.30. The predicted octanol–water partition coefficient (Wildman–Crippen LogP) is 3.93. The molecule has 1 aliphatic rings. The van der Waals surface area contributed by atoms with E-state index in [1.807, 2.05) is 6.07 Å². The van der Waals surface area contributed by atoms with E-state index in [1.54, 1.807) is 30.3 Å². The van der Waals surface area contributed by atoms with Gasteiger partial charge in [0.25, 0.3) is 0 Å². The lowest BCUT2D eigenvalue weighted by atomic mass is 9.80. The topological polar surface area (TPSA) is 115 Å². The molecule has 0 radical (unpaired) electrons. The summed E-state index contributed by atoms with van der Waals surface area (Å²) in [5.41, 5.74) is 5.42. The summed E-state index contributed by atoms with van der Waals surface area (Å²) in [4.78, 5) is 26.9. The molecule has 2 aromatic rings. The molecule has 12 heteroatoms. The van der Waals surface area contributed by atoms with Gasteiger partial charge < -0.3 is 19.9 Å². The first-order valence-electron chi connectivity index (χ1n) is 10.2. The van der Waals surface area contributed by atoms with Crippen LogP contribution < -0.4 is 15.4 Å². The molecule has 1 atom stereocenters. The van der Waals surface area contributed by atoms with Gasteiger partial charge in [-0.3, -0.25) is 4.90 Å². The van der Waals surface area contributed by atoms with E-state index in [-0.39, 0.29) is 28.2 Å². The van der Waals surface area contributed by atoms with Crippen molar-refractivity contribution in [1.82, 2.24) is 0 Å².